The number of amides is 1. The van der Waals surface area contributed by atoms with Crippen LogP contribution in [0.2, 0.25) is 0 Å². The zero-order valence-electron chi connectivity index (χ0n) is 15.0. The quantitative estimate of drug-likeness (QED) is 0.502. The highest BCUT2D eigenvalue weighted by Crippen LogP contribution is 2.23. The maximum Gasteiger partial charge on any atom is 0.246 e. The van der Waals surface area contributed by atoms with Crippen LogP contribution in [0.1, 0.15) is 11.3 Å². The van der Waals surface area contributed by atoms with E-state index in [1.54, 1.807) is 38.6 Å². The van der Waals surface area contributed by atoms with E-state index >= 15 is 0 Å². The molecule has 0 spiro atoms. The van der Waals surface area contributed by atoms with Gasteiger partial charge in [0, 0.05) is 22.6 Å². The Morgan fingerprint density at radius 3 is 2.52 bits per heavy atom. The molecule has 1 N–H and O–H groups in total. The van der Waals surface area contributed by atoms with Gasteiger partial charge in [0.05, 0.1) is 32.5 Å². The Kier molecular flexibility index (Phi) is 6.17. The highest BCUT2D eigenvalue weighted by Gasteiger charge is 2.08. The van der Waals surface area contributed by atoms with E-state index in [1.165, 1.54) is 11.3 Å². The fourth-order valence-electron chi connectivity index (χ4n) is 2.39. The number of methoxy groups -OCH3 is 2. The van der Waals surface area contributed by atoms with Crippen molar-refractivity contribution in [1.29, 1.82) is 0 Å². The molecule has 0 radical (unpaired) electrons. The van der Waals surface area contributed by atoms with E-state index in [2.05, 4.69) is 15.5 Å². The lowest BCUT2D eigenvalue weighted by Gasteiger charge is -2.05. The number of benzene rings is 2. The third kappa shape index (κ3) is 5.15. The zero-order valence-corrected chi connectivity index (χ0v) is 15.8. The molecule has 1 amide bonds. The second-order valence-corrected chi connectivity index (χ2v) is 6.48. The molecule has 0 bridgehead atoms. The summed E-state index contributed by atoms with van der Waals surface area (Å²) in [6.07, 6.45) is 1.71. The van der Waals surface area contributed by atoms with Crippen molar-refractivity contribution in [2.24, 2.45) is 5.10 Å². The molecule has 0 aliphatic carbocycles. The smallest absolute Gasteiger partial charge is 0.246 e. The first kappa shape index (κ1) is 18.6. The van der Waals surface area contributed by atoms with E-state index in [1.807, 2.05) is 35.7 Å². The topological polar surface area (TPSA) is 72.8 Å². The standard InChI is InChI=1S/C20H19N3O3S/c1-25-17-8-14(9-18(11-17)26-2)12-21-23-19(24)10-16-13-27-20(22-16)15-6-4-3-5-7-15/h3-9,11-13H,10H2,1-2H3,(H,23,24)/b21-12+. The monoisotopic (exact) mass is 381 g/mol. The molecule has 0 fully saturated rings. The number of hydrogen-bond donors (Lipinski definition) is 1. The lowest BCUT2D eigenvalue weighted by molar-refractivity contribution is -0.120. The number of nitrogens with zero attached hydrogens (tertiary/aromatic N) is 2. The molecule has 0 aliphatic heterocycles. The van der Waals surface area contributed by atoms with E-state index in [0.29, 0.717) is 11.5 Å². The SMILES string of the molecule is COc1cc(/C=N/NC(=O)Cc2csc(-c3ccccc3)n2)cc(OC)c1. The van der Waals surface area contributed by atoms with Crippen LogP contribution in [0, 0.1) is 0 Å². The van der Waals surface area contributed by atoms with Crippen molar-refractivity contribution in [2.75, 3.05) is 14.2 Å². The number of aromatic nitrogens is 1. The summed E-state index contributed by atoms with van der Waals surface area (Å²) in [5.41, 5.74) is 5.03. The molecule has 1 heterocycles. The fraction of sp³-hybridized carbons (Fsp3) is 0.150. The van der Waals surface area contributed by atoms with Crippen LogP contribution in [-0.2, 0) is 11.2 Å². The van der Waals surface area contributed by atoms with Crippen LogP contribution in [0.5, 0.6) is 11.5 Å². The van der Waals surface area contributed by atoms with Crippen molar-refractivity contribution >= 4 is 23.5 Å². The van der Waals surface area contributed by atoms with Crippen molar-refractivity contribution in [3.63, 3.8) is 0 Å². The lowest BCUT2D eigenvalue weighted by atomic mass is 10.2. The average molecular weight is 381 g/mol. The van der Waals surface area contributed by atoms with Gasteiger partial charge in [-0.1, -0.05) is 30.3 Å². The normalized spacial score (nSPS) is 10.7. The third-order valence-electron chi connectivity index (χ3n) is 3.69. The number of ether oxygens (including phenoxy) is 2. The highest BCUT2D eigenvalue weighted by atomic mass is 32.1. The summed E-state index contributed by atoms with van der Waals surface area (Å²) in [5.74, 6) is 1.07. The second-order valence-electron chi connectivity index (χ2n) is 5.63. The molecule has 0 saturated heterocycles. The molecule has 0 aliphatic rings. The van der Waals surface area contributed by atoms with E-state index in [9.17, 15) is 4.79 Å². The summed E-state index contributed by atoms with van der Waals surface area (Å²) in [5, 5.41) is 6.77. The Hall–Kier alpha value is -3.19. The van der Waals surface area contributed by atoms with Gasteiger partial charge in [-0.2, -0.15) is 5.10 Å². The molecule has 138 valence electrons. The number of hydrogen-bond acceptors (Lipinski definition) is 6. The van der Waals surface area contributed by atoms with Gasteiger partial charge in [0.1, 0.15) is 16.5 Å². The van der Waals surface area contributed by atoms with Crippen LogP contribution in [0.4, 0.5) is 0 Å². The molecule has 3 rings (SSSR count). The molecular formula is C20H19N3O3S. The molecule has 0 atom stereocenters. The maximum absolute atomic E-state index is 12.1. The van der Waals surface area contributed by atoms with Crippen LogP contribution in [0.15, 0.2) is 59.0 Å². The van der Waals surface area contributed by atoms with E-state index in [4.69, 9.17) is 9.47 Å². The number of thiazole rings is 1. The number of carbonyl (C=O) groups is 1. The first-order valence-corrected chi connectivity index (χ1v) is 9.10. The average Bonchev–Trinajstić information content (AvgIpc) is 3.16. The van der Waals surface area contributed by atoms with Crippen LogP contribution in [0.3, 0.4) is 0 Å². The Morgan fingerprint density at radius 1 is 1.15 bits per heavy atom. The molecule has 7 heteroatoms. The van der Waals surface area contributed by atoms with E-state index in [0.717, 1.165) is 21.8 Å². The fourth-order valence-corrected chi connectivity index (χ4v) is 3.21. The number of hydrazone groups is 1. The summed E-state index contributed by atoms with van der Waals surface area (Å²) in [6.45, 7) is 0. The van der Waals surface area contributed by atoms with Gasteiger partial charge < -0.3 is 9.47 Å². The van der Waals surface area contributed by atoms with Gasteiger partial charge in [-0.3, -0.25) is 4.79 Å². The van der Waals surface area contributed by atoms with Gasteiger partial charge in [-0.05, 0) is 12.1 Å². The van der Waals surface area contributed by atoms with Gasteiger partial charge in [-0.25, -0.2) is 10.4 Å². The molecular weight excluding hydrogens is 362 g/mol. The summed E-state index contributed by atoms with van der Waals surface area (Å²) in [4.78, 5) is 16.6. The van der Waals surface area contributed by atoms with Crippen LogP contribution >= 0.6 is 11.3 Å². The predicted octanol–water partition coefficient (Wildman–Crippen LogP) is 3.52. The number of rotatable bonds is 7. The predicted molar refractivity (Wildman–Crippen MR) is 107 cm³/mol. The largest absolute Gasteiger partial charge is 0.497 e. The summed E-state index contributed by atoms with van der Waals surface area (Å²) < 4.78 is 10.4. The van der Waals surface area contributed by atoms with Crippen LogP contribution in [-0.4, -0.2) is 31.3 Å². The first-order valence-electron chi connectivity index (χ1n) is 8.22. The summed E-state index contributed by atoms with van der Waals surface area (Å²) in [6, 6.07) is 15.2. The van der Waals surface area contributed by atoms with Crippen molar-refractivity contribution in [3.05, 3.63) is 65.2 Å². The van der Waals surface area contributed by atoms with E-state index in [-0.39, 0.29) is 12.3 Å². The van der Waals surface area contributed by atoms with Crippen molar-refractivity contribution in [2.45, 2.75) is 6.42 Å². The lowest BCUT2D eigenvalue weighted by Crippen LogP contribution is -2.19. The molecule has 1 aromatic heterocycles. The second kappa shape index (κ2) is 8.95. The molecule has 2 aromatic carbocycles. The van der Waals surface area contributed by atoms with Gasteiger partial charge >= 0.3 is 0 Å². The molecule has 0 saturated carbocycles. The third-order valence-corrected chi connectivity index (χ3v) is 4.63. The van der Waals surface area contributed by atoms with Gasteiger partial charge in [-0.15, -0.1) is 11.3 Å². The van der Waals surface area contributed by atoms with Gasteiger partial charge in [0.2, 0.25) is 5.91 Å². The minimum absolute atomic E-state index is 0.169. The van der Waals surface area contributed by atoms with Gasteiger partial charge in [0.25, 0.3) is 0 Å². The molecule has 0 unspecified atom stereocenters. The van der Waals surface area contributed by atoms with E-state index < -0.39 is 0 Å². The Balaban J connectivity index is 1.59. The minimum Gasteiger partial charge on any atom is -0.497 e. The molecule has 3 aromatic rings. The van der Waals surface area contributed by atoms with Crippen molar-refractivity contribution in [3.8, 4) is 22.1 Å². The maximum atomic E-state index is 12.1. The minimum atomic E-state index is -0.231. The Bertz CT molecular complexity index is 916. The molecule has 6 nitrogen and oxygen atoms in total. The van der Waals surface area contributed by atoms with Crippen LogP contribution < -0.4 is 14.9 Å². The Morgan fingerprint density at radius 2 is 1.85 bits per heavy atom. The Labute approximate surface area is 161 Å². The number of carbonyl (C=O) groups excluding carboxylic acids is 1. The van der Waals surface area contributed by atoms with Gasteiger partial charge in [0.15, 0.2) is 0 Å². The van der Waals surface area contributed by atoms with Crippen molar-refractivity contribution in [1.82, 2.24) is 10.4 Å². The first-order chi connectivity index (χ1) is 13.2. The summed E-state index contributed by atoms with van der Waals surface area (Å²) >= 11 is 1.52. The zero-order chi connectivity index (χ0) is 19.1. The number of nitrogens with one attached hydrogen (secondary N) is 1. The van der Waals surface area contributed by atoms with Crippen LogP contribution in [0.25, 0.3) is 10.6 Å². The van der Waals surface area contributed by atoms with Crippen molar-refractivity contribution < 1.29 is 14.3 Å². The summed E-state index contributed by atoms with van der Waals surface area (Å²) in [7, 11) is 3.16. The highest BCUT2D eigenvalue weighted by molar-refractivity contribution is 7.13. The molecule has 27 heavy (non-hydrogen) atoms.